The zero-order chi connectivity index (χ0) is 25.8. The quantitative estimate of drug-likeness (QED) is 0.363. The van der Waals surface area contributed by atoms with E-state index in [-0.39, 0.29) is 12.5 Å². The second kappa shape index (κ2) is 13.4. The van der Waals surface area contributed by atoms with E-state index in [1.165, 1.54) is 0 Å². The summed E-state index contributed by atoms with van der Waals surface area (Å²) in [7, 11) is 0. The zero-order valence-corrected chi connectivity index (χ0v) is 20.1. The standard InChI is InChI=1S/C27H28N2O7/c1-3-33-22-15-13-21(14-16-22)29-27(32)19-9-11-20(12-10-19)28-25(30)17-36-26(31)18-35-24-8-6-5-7-23(24)34-4-2/h5-16H,3-4,17-18H2,1-2H3,(H,28,30)(H,29,32). The number of para-hydroxylation sites is 2. The highest BCUT2D eigenvalue weighted by atomic mass is 16.6. The van der Waals surface area contributed by atoms with Gasteiger partial charge >= 0.3 is 5.97 Å². The fraction of sp³-hybridized carbons (Fsp3) is 0.222. The van der Waals surface area contributed by atoms with Crippen molar-refractivity contribution < 1.29 is 33.3 Å². The van der Waals surface area contributed by atoms with Crippen LogP contribution in [0.5, 0.6) is 17.2 Å². The molecule has 3 aromatic rings. The van der Waals surface area contributed by atoms with Crippen LogP contribution in [0.15, 0.2) is 72.8 Å². The number of amides is 2. The fourth-order valence-corrected chi connectivity index (χ4v) is 3.07. The van der Waals surface area contributed by atoms with Crippen molar-refractivity contribution in [1.29, 1.82) is 0 Å². The molecule has 9 nitrogen and oxygen atoms in total. The number of nitrogens with one attached hydrogen (secondary N) is 2. The van der Waals surface area contributed by atoms with Gasteiger partial charge in [0.15, 0.2) is 24.7 Å². The van der Waals surface area contributed by atoms with E-state index in [1.807, 2.05) is 13.8 Å². The molecule has 0 aliphatic heterocycles. The molecule has 0 atom stereocenters. The van der Waals surface area contributed by atoms with Crippen molar-refractivity contribution in [3.8, 4) is 17.2 Å². The van der Waals surface area contributed by atoms with Crippen LogP contribution in [0.2, 0.25) is 0 Å². The van der Waals surface area contributed by atoms with E-state index in [2.05, 4.69) is 10.6 Å². The molecule has 0 radical (unpaired) electrons. The molecule has 0 spiro atoms. The third kappa shape index (κ3) is 8.05. The predicted molar refractivity (Wildman–Crippen MR) is 135 cm³/mol. The Morgan fingerprint density at radius 3 is 1.89 bits per heavy atom. The number of esters is 1. The maximum absolute atomic E-state index is 12.5. The Hall–Kier alpha value is -4.53. The first-order valence-electron chi connectivity index (χ1n) is 11.4. The number of carbonyl (C=O) groups excluding carboxylic acids is 3. The maximum Gasteiger partial charge on any atom is 0.344 e. The van der Waals surface area contributed by atoms with Gasteiger partial charge in [-0.3, -0.25) is 9.59 Å². The summed E-state index contributed by atoms with van der Waals surface area (Å²) in [5.74, 6) is 0.134. The zero-order valence-electron chi connectivity index (χ0n) is 20.1. The van der Waals surface area contributed by atoms with Gasteiger partial charge in [0.2, 0.25) is 0 Å². The Morgan fingerprint density at radius 2 is 1.25 bits per heavy atom. The van der Waals surface area contributed by atoms with Crippen LogP contribution in [-0.4, -0.2) is 44.2 Å². The predicted octanol–water partition coefficient (Wildman–Crippen LogP) is 4.30. The van der Waals surface area contributed by atoms with E-state index in [0.29, 0.717) is 41.7 Å². The molecule has 0 aromatic heterocycles. The highest BCUT2D eigenvalue weighted by molar-refractivity contribution is 6.04. The van der Waals surface area contributed by atoms with Gasteiger partial charge in [0, 0.05) is 16.9 Å². The van der Waals surface area contributed by atoms with Crippen LogP contribution >= 0.6 is 0 Å². The van der Waals surface area contributed by atoms with Crippen LogP contribution < -0.4 is 24.8 Å². The van der Waals surface area contributed by atoms with Gasteiger partial charge in [-0.1, -0.05) is 12.1 Å². The summed E-state index contributed by atoms with van der Waals surface area (Å²) >= 11 is 0. The number of carbonyl (C=O) groups is 3. The molecule has 0 heterocycles. The van der Waals surface area contributed by atoms with Crippen molar-refractivity contribution in [3.63, 3.8) is 0 Å². The third-order valence-corrected chi connectivity index (χ3v) is 4.71. The Bertz CT molecular complexity index is 1160. The van der Waals surface area contributed by atoms with Crippen molar-refractivity contribution in [2.24, 2.45) is 0 Å². The highest BCUT2D eigenvalue weighted by Crippen LogP contribution is 2.26. The van der Waals surface area contributed by atoms with Gasteiger partial charge in [-0.05, 0) is 74.5 Å². The fourth-order valence-electron chi connectivity index (χ4n) is 3.07. The van der Waals surface area contributed by atoms with Crippen molar-refractivity contribution in [2.45, 2.75) is 13.8 Å². The molecular formula is C27H28N2O7. The van der Waals surface area contributed by atoms with E-state index in [9.17, 15) is 14.4 Å². The molecule has 0 bridgehead atoms. The first-order valence-corrected chi connectivity index (χ1v) is 11.4. The number of ether oxygens (including phenoxy) is 4. The van der Waals surface area contributed by atoms with Crippen LogP contribution in [0.1, 0.15) is 24.2 Å². The maximum atomic E-state index is 12.5. The summed E-state index contributed by atoms with van der Waals surface area (Å²) in [6.45, 7) is 3.92. The second-order valence-electron chi connectivity index (χ2n) is 7.37. The topological polar surface area (TPSA) is 112 Å². The first kappa shape index (κ1) is 26.1. The number of benzene rings is 3. The molecule has 3 aromatic carbocycles. The Kier molecular flexibility index (Phi) is 9.69. The summed E-state index contributed by atoms with van der Waals surface area (Å²) in [6.07, 6.45) is 0. The van der Waals surface area contributed by atoms with Gasteiger partial charge < -0.3 is 29.6 Å². The minimum atomic E-state index is -0.697. The van der Waals surface area contributed by atoms with Crippen LogP contribution in [0.25, 0.3) is 0 Å². The Morgan fingerprint density at radius 1 is 0.667 bits per heavy atom. The summed E-state index contributed by atoms with van der Waals surface area (Å²) in [5, 5.41) is 5.40. The minimum absolute atomic E-state index is 0.295. The lowest BCUT2D eigenvalue weighted by Gasteiger charge is -2.11. The van der Waals surface area contributed by atoms with Crippen LogP contribution in [-0.2, 0) is 14.3 Å². The molecule has 0 unspecified atom stereocenters. The van der Waals surface area contributed by atoms with Gasteiger partial charge in [0.05, 0.1) is 13.2 Å². The van der Waals surface area contributed by atoms with Gasteiger partial charge in [-0.15, -0.1) is 0 Å². The number of hydrogen-bond donors (Lipinski definition) is 2. The SMILES string of the molecule is CCOc1ccc(NC(=O)c2ccc(NC(=O)COC(=O)COc3ccccc3OCC)cc2)cc1. The molecule has 0 saturated carbocycles. The minimum Gasteiger partial charge on any atom is -0.494 e. The summed E-state index contributed by atoms with van der Waals surface area (Å²) in [5.41, 5.74) is 1.50. The van der Waals surface area contributed by atoms with Crippen molar-refractivity contribution in [3.05, 3.63) is 78.4 Å². The molecule has 0 saturated heterocycles. The van der Waals surface area contributed by atoms with Crippen molar-refractivity contribution in [1.82, 2.24) is 0 Å². The largest absolute Gasteiger partial charge is 0.494 e. The third-order valence-electron chi connectivity index (χ3n) is 4.71. The molecule has 0 aliphatic carbocycles. The van der Waals surface area contributed by atoms with Crippen molar-refractivity contribution in [2.75, 3.05) is 37.1 Å². The van der Waals surface area contributed by atoms with Gasteiger partial charge in [-0.25, -0.2) is 4.79 Å². The molecule has 188 valence electrons. The van der Waals surface area contributed by atoms with E-state index in [0.717, 1.165) is 5.75 Å². The van der Waals surface area contributed by atoms with Gasteiger partial charge in [0.1, 0.15) is 5.75 Å². The van der Waals surface area contributed by atoms with E-state index >= 15 is 0 Å². The van der Waals surface area contributed by atoms with Gasteiger partial charge in [-0.2, -0.15) is 0 Å². The molecule has 0 aliphatic rings. The number of rotatable bonds is 12. The van der Waals surface area contributed by atoms with E-state index < -0.39 is 18.5 Å². The second-order valence-corrected chi connectivity index (χ2v) is 7.37. The molecular weight excluding hydrogens is 464 g/mol. The monoisotopic (exact) mass is 492 g/mol. The first-order chi connectivity index (χ1) is 17.5. The number of hydrogen-bond acceptors (Lipinski definition) is 7. The lowest BCUT2D eigenvalue weighted by molar-refractivity contribution is -0.149. The number of anilines is 2. The van der Waals surface area contributed by atoms with Crippen LogP contribution in [0, 0.1) is 0 Å². The molecule has 0 fully saturated rings. The average molecular weight is 493 g/mol. The Balaban J connectivity index is 1.42. The van der Waals surface area contributed by atoms with E-state index in [4.69, 9.17) is 18.9 Å². The molecule has 9 heteroatoms. The summed E-state index contributed by atoms with van der Waals surface area (Å²) in [6, 6.07) is 20.3. The normalized spacial score (nSPS) is 10.2. The smallest absolute Gasteiger partial charge is 0.344 e. The van der Waals surface area contributed by atoms with Crippen molar-refractivity contribution >= 4 is 29.2 Å². The molecule has 2 N–H and O–H groups in total. The molecule has 2 amide bonds. The summed E-state index contributed by atoms with van der Waals surface area (Å²) in [4.78, 5) is 36.5. The highest BCUT2D eigenvalue weighted by Gasteiger charge is 2.12. The van der Waals surface area contributed by atoms with Crippen LogP contribution in [0.3, 0.4) is 0 Å². The molecule has 3 rings (SSSR count). The Labute approximate surface area is 209 Å². The lowest BCUT2D eigenvalue weighted by atomic mass is 10.2. The summed E-state index contributed by atoms with van der Waals surface area (Å²) < 4.78 is 21.2. The lowest BCUT2D eigenvalue weighted by Crippen LogP contribution is -2.23. The average Bonchev–Trinajstić information content (AvgIpc) is 2.89. The van der Waals surface area contributed by atoms with Crippen LogP contribution in [0.4, 0.5) is 11.4 Å². The van der Waals surface area contributed by atoms with E-state index in [1.54, 1.807) is 72.8 Å². The molecule has 36 heavy (non-hydrogen) atoms. The van der Waals surface area contributed by atoms with Gasteiger partial charge in [0.25, 0.3) is 11.8 Å².